The van der Waals surface area contributed by atoms with Gasteiger partial charge in [0.2, 0.25) is 5.91 Å². The fourth-order valence-corrected chi connectivity index (χ4v) is 8.73. The largest absolute Gasteiger partial charge is 0.464 e. The van der Waals surface area contributed by atoms with Gasteiger partial charge in [0.1, 0.15) is 12.2 Å². The number of allylic oxidation sites excluding steroid dienone is 1. The second-order valence-corrected chi connectivity index (χ2v) is 13.2. The van der Waals surface area contributed by atoms with E-state index in [1.165, 1.54) is 5.57 Å². The Hall–Kier alpha value is -3.00. The van der Waals surface area contributed by atoms with Gasteiger partial charge in [-0.25, -0.2) is 4.79 Å². The third kappa shape index (κ3) is 5.79. The van der Waals surface area contributed by atoms with E-state index >= 15 is 0 Å². The molecule has 3 saturated carbocycles. The summed E-state index contributed by atoms with van der Waals surface area (Å²) in [6, 6.07) is 7.32. The highest BCUT2D eigenvalue weighted by atomic mass is 16.5. The van der Waals surface area contributed by atoms with Crippen LogP contribution in [0, 0.1) is 28.6 Å². The number of esters is 2. The van der Waals surface area contributed by atoms with Crippen molar-refractivity contribution in [2.75, 3.05) is 6.61 Å². The molecule has 4 aliphatic rings. The molecule has 42 heavy (non-hydrogen) atoms. The average molecular weight is 580 g/mol. The molecule has 0 radical (unpaired) electrons. The van der Waals surface area contributed by atoms with Gasteiger partial charge < -0.3 is 19.9 Å². The number of aliphatic hydroxyl groups is 1. The van der Waals surface area contributed by atoms with Gasteiger partial charge in [-0.2, -0.15) is 0 Å². The predicted octanol–water partition coefficient (Wildman–Crippen LogP) is 4.99. The highest BCUT2D eigenvalue weighted by Gasteiger charge is 2.60. The standard InChI is InChI=1S/C34H45NO7/c1-4-41-32(40)30(31(39)21-8-6-5-7-9-21)35-28(37)14-15-29(38)42-27-13-12-25-24-11-10-22-20-23(36)16-18-33(22,2)26(24)17-19-34(25,27)3/h5-9,20,24-27,30-31,39H,4,10-19H2,1-3H3,(H,35,37)/t24-,25-,26-,27+,30+,31+,33-,34-/m0/s1. The van der Waals surface area contributed by atoms with Crippen LogP contribution in [0.15, 0.2) is 42.0 Å². The van der Waals surface area contributed by atoms with Crippen LogP contribution in [0.1, 0.15) is 96.6 Å². The van der Waals surface area contributed by atoms with E-state index in [1.54, 1.807) is 37.3 Å². The molecule has 8 nitrogen and oxygen atoms in total. The van der Waals surface area contributed by atoms with Crippen LogP contribution < -0.4 is 5.32 Å². The monoisotopic (exact) mass is 579 g/mol. The van der Waals surface area contributed by atoms with Crippen LogP contribution in [-0.4, -0.2) is 47.5 Å². The normalized spacial score (nSPS) is 33.2. The molecular weight excluding hydrogens is 534 g/mol. The maximum atomic E-state index is 13.0. The molecule has 0 aliphatic heterocycles. The number of fused-ring (bicyclic) bond motifs is 5. The Kier molecular flexibility index (Phi) is 8.93. The van der Waals surface area contributed by atoms with E-state index in [9.17, 15) is 24.3 Å². The Morgan fingerprint density at radius 1 is 1.00 bits per heavy atom. The van der Waals surface area contributed by atoms with Gasteiger partial charge in [-0.05, 0) is 86.7 Å². The van der Waals surface area contributed by atoms with Crippen LogP contribution in [0.25, 0.3) is 0 Å². The minimum Gasteiger partial charge on any atom is -0.464 e. The van der Waals surface area contributed by atoms with Crippen LogP contribution in [0.3, 0.4) is 0 Å². The predicted molar refractivity (Wildman–Crippen MR) is 156 cm³/mol. The molecule has 0 unspecified atom stereocenters. The minimum absolute atomic E-state index is 0.0874. The summed E-state index contributed by atoms with van der Waals surface area (Å²) in [5.41, 5.74) is 1.85. The number of nitrogens with one attached hydrogen (secondary N) is 1. The van der Waals surface area contributed by atoms with Crippen molar-refractivity contribution in [3.05, 3.63) is 47.5 Å². The topological polar surface area (TPSA) is 119 Å². The summed E-state index contributed by atoms with van der Waals surface area (Å²) in [5.74, 6) is 0.225. The van der Waals surface area contributed by atoms with Crippen LogP contribution >= 0.6 is 0 Å². The van der Waals surface area contributed by atoms with Crippen molar-refractivity contribution in [3.8, 4) is 0 Å². The number of hydrogen-bond donors (Lipinski definition) is 2. The number of hydrogen-bond acceptors (Lipinski definition) is 7. The van der Waals surface area contributed by atoms with Crippen molar-refractivity contribution in [3.63, 3.8) is 0 Å². The van der Waals surface area contributed by atoms with E-state index in [0.717, 1.165) is 44.9 Å². The molecule has 0 bridgehead atoms. The first-order valence-electron chi connectivity index (χ1n) is 15.7. The fourth-order valence-electron chi connectivity index (χ4n) is 8.73. The van der Waals surface area contributed by atoms with Crippen molar-refractivity contribution in [2.24, 2.45) is 28.6 Å². The van der Waals surface area contributed by atoms with E-state index in [2.05, 4.69) is 19.2 Å². The molecule has 8 heteroatoms. The summed E-state index contributed by atoms with van der Waals surface area (Å²) in [6.07, 6.45) is 7.81. The minimum atomic E-state index is -1.28. The van der Waals surface area contributed by atoms with Gasteiger partial charge in [0.05, 0.1) is 13.0 Å². The molecule has 3 fully saturated rings. The third-order valence-electron chi connectivity index (χ3n) is 11.0. The maximum Gasteiger partial charge on any atom is 0.331 e. The smallest absolute Gasteiger partial charge is 0.331 e. The molecule has 2 N–H and O–H groups in total. The molecule has 1 aromatic carbocycles. The van der Waals surface area contributed by atoms with Gasteiger partial charge in [0.25, 0.3) is 0 Å². The number of aliphatic hydroxyl groups excluding tert-OH is 1. The molecule has 0 heterocycles. The SMILES string of the molecule is CCOC(=O)[C@H](NC(=O)CCC(=O)O[C@@H]1CC[C@H]2[C@@H]3CCC4=CC(=O)CC[C@]4(C)[C@H]3CC[C@]12C)[C@H](O)c1ccccc1. The van der Waals surface area contributed by atoms with E-state index < -0.39 is 30.0 Å². The molecule has 5 rings (SSSR count). The summed E-state index contributed by atoms with van der Waals surface area (Å²) in [4.78, 5) is 50.4. The van der Waals surface area contributed by atoms with Crippen LogP contribution in [0.5, 0.6) is 0 Å². The highest BCUT2D eigenvalue weighted by Crippen LogP contribution is 2.65. The average Bonchev–Trinajstić information content (AvgIpc) is 3.31. The summed E-state index contributed by atoms with van der Waals surface area (Å²) >= 11 is 0. The zero-order valence-electron chi connectivity index (χ0n) is 25.1. The van der Waals surface area contributed by atoms with Gasteiger partial charge in [0.15, 0.2) is 11.8 Å². The number of carbonyl (C=O) groups excluding carboxylic acids is 4. The number of benzene rings is 1. The highest BCUT2D eigenvalue weighted by molar-refractivity contribution is 5.91. The van der Waals surface area contributed by atoms with Gasteiger partial charge in [-0.3, -0.25) is 14.4 Å². The Morgan fingerprint density at radius 2 is 1.76 bits per heavy atom. The molecule has 1 aromatic rings. The number of rotatable bonds is 9. The van der Waals surface area contributed by atoms with E-state index in [0.29, 0.717) is 29.7 Å². The lowest BCUT2D eigenvalue weighted by molar-refractivity contribution is -0.160. The lowest BCUT2D eigenvalue weighted by Crippen LogP contribution is -2.51. The Morgan fingerprint density at radius 3 is 2.50 bits per heavy atom. The molecule has 0 spiro atoms. The zero-order chi connectivity index (χ0) is 30.1. The summed E-state index contributed by atoms with van der Waals surface area (Å²) < 4.78 is 11.1. The van der Waals surface area contributed by atoms with E-state index in [1.807, 2.05) is 6.08 Å². The van der Waals surface area contributed by atoms with Gasteiger partial charge in [-0.1, -0.05) is 49.8 Å². The van der Waals surface area contributed by atoms with Crippen molar-refractivity contribution in [1.29, 1.82) is 0 Å². The quantitative estimate of drug-likeness (QED) is 0.396. The summed E-state index contributed by atoms with van der Waals surface area (Å²) in [5, 5.41) is 13.3. The molecule has 228 valence electrons. The van der Waals surface area contributed by atoms with Crippen LogP contribution in [-0.2, 0) is 28.7 Å². The Labute approximate surface area is 248 Å². The van der Waals surface area contributed by atoms with Crippen molar-refractivity contribution in [2.45, 2.75) is 103 Å². The second-order valence-electron chi connectivity index (χ2n) is 13.2. The summed E-state index contributed by atoms with van der Waals surface area (Å²) in [7, 11) is 0. The number of amides is 1. The van der Waals surface area contributed by atoms with Gasteiger partial charge in [-0.15, -0.1) is 0 Å². The molecule has 0 aromatic heterocycles. The van der Waals surface area contributed by atoms with Crippen LogP contribution in [0.2, 0.25) is 0 Å². The van der Waals surface area contributed by atoms with Crippen molar-refractivity contribution >= 4 is 23.6 Å². The van der Waals surface area contributed by atoms with Gasteiger partial charge in [0, 0.05) is 18.3 Å². The fraction of sp³-hybridized carbons (Fsp3) is 0.647. The molecule has 1 amide bonds. The first-order valence-corrected chi connectivity index (χ1v) is 15.7. The van der Waals surface area contributed by atoms with E-state index in [4.69, 9.17) is 9.47 Å². The number of ketones is 1. The van der Waals surface area contributed by atoms with Crippen molar-refractivity contribution < 1.29 is 33.8 Å². The van der Waals surface area contributed by atoms with E-state index in [-0.39, 0.29) is 42.2 Å². The lowest BCUT2D eigenvalue weighted by Gasteiger charge is -2.57. The first kappa shape index (κ1) is 30.5. The number of ether oxygens (including phenoxy) is 2. The molecule has 8 atom stereocenters. The zero-order valence-corrected chi connectivity index (χ0v) is 25.1. The number of carbonyl (C=O) groups is 4. The van der Waals surface area contributed by atoms with Crippen molar-refractivity contribution in [1.82, 2.24) is 5.32 Å². The lowest BCUT2D eigenvalue weighted by atomic mass is 9.47. The molecule has 4 aliphatic carbocycles. The van der Waals surface area contributed by atoms with Gasteiger partial charge >= 0.3 is 11.9 Å². The Balaban J connectivity index is 1.17. The molecule has 0 saturated heterocycles. The molecular formula is C34H45NO7. The summed E-state index contributed by atoms with van der Waals surface area (Å²) in [6.45, 7) is 6.41. The first-order chi connectivity index (χ1) is 20.1. The van der Waals surface area contributed by atoms with Crippen LogP contribution in [0.4, 0.5) is 0 Å². The third-order valence-corrected chi connectivity index (χ3v) is 11.0. The second kappa shape index (κ2) is 12.3. The maximum absolute atomic E-state index is 13.0. The Bertz CT molecular complexity index is 1230.